The van der Waals surface area contributed by atoms with Crippen LogP contribution >= 0.6 is 11.3 Å². The molecule has 32 heavy (non-hydrogen) atoms. The molecular weight excluding hydrogens is 420 g/mol. The van der Waals surface area contributed by atoms with Gasteiger partial charge in [0.15, 0.2) is 5.96 Å². The van der Waals surface area contributed by atoms with Crippen molar-refractivity contribution in [2.45, 2.75) is 53.2 Å². The zero-order valence-corrected chi connectivity index (χ0v) is 20.4. The van der Waals surface area contributed by atoms with E-state index in [1.807, 2.05) is 24.3 Å². The highest BCUT2D eigenvalue weighted by Crippen LogP contribution is 2.32. The van der Waals surface area contributed by atoms with E-state index in [2.05, 4.69) is 49.1 Å². The molecule has 1 heterocycles. The zero-order chi connectivity index (χ0) is 23.3. The standard InChI is InChI=1S/C25H34N4O2S/c1-15(23(30)24-29-20-10-6-7-11-22(20)32-24)9-8-12-27-25(26)28-14-19-16(2)13-21(31-5)18(4)17(19)3/h6-7,10-11,13,15,23,30H,8-9,12,14H2,1-5H3,(H3,26,27,28). The van der Waals surface area contributed by atoms with E-state index in [0.29, 0.717) is 19.0 Å². The van der Waals surface area contributed by atoms with Crippen LogP contribution in [0.4, 0.5) is 0 Å². The number of aliphatic imine (C=N–C) groups is 1. The molecule has 0 radical (unpaired) electrons. The maximum absolute atomic E-state index is 10.7. The van der Waals surface area contributed by atoms with E-state index < -0.39 is 6.10 Å². The van der Waals surface area contributed by atoms with Crippen molar-refractivity contribution in [1.82, 2.24) is 10.3 Å². The smallest absolute Gasteiger partial charge is 0.188 e. The Morgan fingerprint density at radius 3 is 2.72 bits per heavy atom. The lowest BCUT2D eigenvalue weighted by Crippen LogP contribution is -2.32. The number of nitrogens with two attached hydrogens (primary N) is 1. The Bertz CT molecular complexity index is 1060. The highest BCUT2D eigenvalue weighted by Gasteiger charge is 2.20. The summed E-state index contributed by atoms with van der Waals surface area (Å²) >= 11 is 1.56. The maximum Gasteiger partial charge on any atom is 0.188 e. The van der Waals surface area contributed by atoms with E-state index in [4.69, 9.17) is 10.5 Å². The molecule has 0 spiro atoms. The van der Waals surface area contributed by atoms with E-state index in [1.54, 1.807) is 18.4 Å². The lowest BCUT2D eigenvalue weighted by atomic mass is 9.97. The molecule has 3 rings (SSSR count). The fraction of sp³-hybridized carbons (Fsp3) is 0.440. The molecule has 0 aliphatic heterocycles. The molecule has 3 aromatic rings. The Morgan fingerprint density at radius 2 is 2.00 bits per heavy atom. The van der Waals surface area contributed by atoms with Crippen molar-refractivity contribution in [3.63, 3.8) is 0 Å². The number of para-hydroxylation sites is 1. The molecule has 0 saturated heterocycles. The number of fused-ring (bicyclic) bond motifs is 1. The molecule has 4 N–H and O–H groups in total. The number of methoxy groups -OCH3 is 1. The van der Waals surface area contributed by atoms with Crippen LogP contribution in [0, 0.1) is 26.7 Å². The molecule has 2 unspecified atom stereocenters. The van der Waals surface area contributed by atoms with Gasteiger partial charge in [0, 0.05) is 6.54 Å². The Balaban J connectivity index is 1.48. The summed E-state index contributed by atoms with van der Waals surface area (Å²) < 4.78 is 6.55. The second kappa shape index (κ2) is 10.8. The second-order valence-corrected chi connectivity index (χ2v) is 9.40. The number of thiazole rings is 1. The van der Waals surface area contributed by atoms with Crippen LogP contribution in [-0.4, -0.2) is 29.7 Å². The fourth-order valence-corrected chi connectivity index (χ4v) is 4.92. The number of aliphatic hydroxyl groups is 1. The summed E-state index contributed by atoms with van der Waals surface area (Å²) in [4.78, 5) is 9.10. The number of hydrogen-bond donors (Lipinski definition) is 3. The number of ether oxygens (including phenoxy) is 1. The Labute approximate surface area is 194 Å². The maximum atomic E-state index is 10.7. The molecule has 0 bridgehead atoms. The van der Waals surface area contributed by atoms with Gasteiger partial charge in [-0.3, -0.25) is 0 Å². The summed E-state index contributed by atoms with van der Waals surface area (Å²) in [6.45, 7) is 9.54. The number of guanidine groups is 1. The van der Waals surface area contributed by atoms with E-state index in [0.717, 1.165) is 44.9 Å². The molecule has 2 atom stereocenters. The summed E-state index contributed by atoms with van der Waals surface area (Å²) in [5.41, 5.74) is 11.7. The molecule has 0 amide bonds. The monoisotopic (exact) mass is 454 g/mol. The molecule has 172 valence electrons. The molecule has 2 aromatic carbocycles. The number of aromatic nitrogens is 1. The van der Waals surface area contributed by atoms with Crippen LogP contribution in [0.2, 0.25) is 0 Å². The SMILES string of the molecule is COc1cc(C)c(CN=C(N)NCCCC(C)C(O)c2nc3ccccc3s2)c(C)c1C. The molecule has 0 saturated carbocycles. The van der Waals surface area contributed by atoms with Crippen LogP contribution in [0.5, 0.6) is 5.75 Å². The minimum Gasteiger partial charge on any atom is -0.496 e. The van der Waals surface area contributed by atoms with Crippen molar-refractivity contribution in [1.29, 1.82) is 0 Å². The van der Waals surface area contributed by atoms with Gasteiger partial charge in [-0.2, -0.15) is 0 Å². The molecule has 6 nitrogen and oxygen atoms in total. The van der Waals surface area contributed by atoms with Crippen LogP contribution in [-0.2, 0) is 6.54 Å². The predicted octanol–water partition coefficient (Wildman–Crippen LogP) is 4.78. The van der Waals surface area contributed by atoms with Gasteiger partial charge < -0.3 is 20.9 Å². The van der Waals surface area contributed by atoms with E-state index >= 15 is 0 Å². The molecule has 0 aliphatic rings. The van der Waals surface area contributed by atoms with Gasteiger partial charge in [-0.05, 0) is 80.0 Å². The number of benzene rings is 2. The second-order valence-electron chi connectivity index (χ2n) is 8.34. The topological polar surface area (TPSA) is 92.8 Å². The third-order valence-corrected chi connectivity index (χ3v) is 7.19. The van der Waals surface area contributed by atoms with Gasteiger partial charge in [-0.1, -0.05) is 19.1 Å². The van der Waals surface area contributed by atoms with E-state index in [1.165, 1.54) is 11.1 Å². The first-order valence-corrected chi connectivity index (χ1v) is 11.8. The van der Waals surface area contributed by atoms with Crippen molar-refractivity contribution in [2.75, 3.05) is 13.7 Å². The summed E-state index contributed by atoms with van der Waals surface area (Å²) in [6, 6.07) is 10.0. The van der Waals surface area contributed by atoms with Crippen LogP contribution < -0.4 is 15.8 Å². The summed E-state index contributed by atoms with van der Waals surface area (Å²) in [7, 11) is 1.69. The fourth-order valence-electron chi connectivity index (χ4n) is 3.83. The molecular formula is C25H34N4O2S. The Morgan fingerprint density at radius 1 is 1.25 bits per heavy atom. The van der Waals surface area contributed by atoms with E-state index in [9.17, 15) is 5.11 Å². The highest BCUT2D eigenvalue weighted by molar-refractivity contribution is 7.18. The number of aryl methyl sites for hydroxylation is 1. The van der Waals surface area contributed by atoms with Crippen molar-refractivity contribution < 1.29 is 9.84 Å². The zero-order valence-electron chi connectivity index (χ0n) is 19.6. The lowest BCUT2D eigenvalue weighted by molar-refractivity contribution is 0.111. The Kier molecular flexibility index (Phi) is 8.10. The van der Waals surface area contributed by atoms with Crippen molar-refractivity contribution in [2.24, 2.45) is 16.6 Å². The van der Waals surface area contributed by atoms with Gasteiger partial charge in [0.1, 0.15) is 16.9 Å². The highest BCUT2D eigenvalue weighted by atomic mass is 32.1. The van der Waals surface area contributed by atoms with Crippen molar-refractivity contribution >= 4 is 27.5 Å². The minimum atomic E-state index is -0.553. The van der Waals surface area contributed by atoms with Crippen LogP contribution in [0.1, 0.15) is 53.1 Å². The first kappa shape index (κ1) is 24.0. The normalized spacial score (nSPS) is 13.9. The average molecular weight is 455 g/mol. The first-order chi connectivity index (χ1) is 15.3. The van der Waals surface area contributed by atoms with Crippen LogP contribution in [0.15, 0.2) is 35.3 Å². The van der Waals surface area contributed by atoms with Gasteiger partial charge in [0.05, 0.1) is 23.9 Å². The van der Waals surface area contributed by atoms with Gasteiger partial charge in [0.25, 0.3) is 0 Å². The predicted molar refractivity (Wildman–Crippen MR) is 134 cm³/mol. The number of rotatable bonds is 9. The lowest BCUT2D eigenvalue weighted by Gasteiger charge is -2.17. The van der Waals surface area contributed by atoms with E-state index in [-0.39, 0.29) is 5.92 Å². The average Bonchev–Trinajstić information content (AvgIpc) is 3.22. The van der Waals surface area contributed by atoms with Gasteiger partial charge in [0.2, 0.25) is 0 Å². The summed E-state index contributed by atoms with van der Waals surface area (Å²) in [5, 5.41) is 14.7. The molecule has 1 aromatic heterocycles. The number of hydrogen-bond acceptors (Lipinski definition) is 5. The van der Waals surface area contributed by atoms with Crippen molar-refractivity contribution in [3.8, 4) is 5.75 Å². The molecule has 0 fully saturated rings. The quantitative estimate of drug-likeness (QED) is 0.246. The summed E-state index contributed by atoms with van der Waals surface area (Å²) in [6.07, 6.45) is 1.20. The van der Waals surface area contributed by atoms with Crippen LogP contribution in [0.25, 0.3) is 10.2 Å². The largest absolute Gasteiger partial charge is 0.496 e. The number of nitrogens with zero attached hydrogens (tertiary/aromatic N) is 2. The Hall–Kier alpha value is -2.64. The minimum absolute atomic E-state index is 0.114. The third kappa shape index (κ3) is 5.58. The molecule has 0 aliphatic carbocycles. The van der Waals surface area contributed by atoms with Gasteiger partial charge in [-0.25, -0.2) is 9.98 Å². The van der Waals surface area contributed by atoms with Gasteiger partial charge in [-0.15, -0.1) is 11.3 Å². The van der Waals surface area contributed by atoms with Crippen LogP contribution in [0.3, 0.4) is 0 Å². The third-order valence-electron chi connectivity index (χ3n) is 6.08. The van der Waals surface area contributed by atoms with Crippen molar-refractivity contribution in [3.05, 3.63) is 57.6 Å². The number of nitrogens with one attached hydrogen (secondary N) is 1. The number of aliphatic hydroxyl groups excluding tert-OH is 1. The first-order valence-electron chi connectivity index (χ1n) is 11.0. The van der Waals surface area contributed by atoms with Gasteiger partial charge >= 0.3 is 0 Å². The molecule has 7 heteroatoms. The summed E-state index contributed by atoms with van der Waals surface area (Å²) in [5.74, 6) is 1.46.